The number of carboxylic acid groups (broad SMARTS) is 1. The van der Waals surface area contributed by atoms with Gasteiger partial charge in [0.1, 0.15) is 0 Å². The number of hydrogen-bond donors (Lipinski definition) is 1. The van der Waals surface area contributed by atoms with Crippen molar-refractivity contribution in [2.45, 2.75) is 24.2 Å². The van der Waals surface area contributed by atoms with Gasteiger partial charge in [0.2, 0.25) is 10.0 Å². The van der Waals surface area contributed by atoms with E-state index >= 15 is 0 Å². The molecule has 2 aliphatic rings. The van der Waals surface area contributed by atoms with Gasteiger partial charge in [0.05, 0.1) is 4.90 Å². The maximum absolute atomic E-state index is 12.8. The molecule has 0 atom stereocenters. The molecule has 7 heteroatoms. The second-order valence-electron chi connectivity index (χ2n) is 7.29. The first-order valence-electron chi connectivity index (χ1n) is 8.06. The van der Waals surface area contributed by atoms with E-state index < -0.39 is 16.0 Å². The quantitative estimate of drug-likeness (QED) is 0.917. The number of fused-ring (bicyclic) bond motifs is 1. The molecule has 128 valence electrons. The van der Waals surface area contributed by atoms with E-state index in [2.05, 4.69) is 0 Å². The van der Waals surface area contributed by atoms with E-state index in [4.69, 9.17) is 5.11 Å². The smallest absolute Gasteiger partial charge is 0.303 e. The molecule has 2 fully saturated rings. The van der Waals surface area contributed by atoms with Gasteiger partial charge >= 0.3 is 5.97 Å². The molecule has 2 aromatic rings. The summed E-state index contributed by atoms with van der Waals surface area (Å²) in [5, 5.41) is 9.84. The Balaban J connectivity index is 1.48. The number of hydrogen-bond acceptors (Lipinski definition) is 3. The van der Waals surface area contributed by atoms with Gasteiger partial charge in [-0.3, -0.25) is 4.79 Å². The minimum absolute atomic E-state index is 0.0161. The molecule has 24 heavy (non-hydrogen) atoms. The van der Waals surface area contributed by atoms with Crippen molar-refractivity contribution in [3.63, 3.8) is 0 Å². The third-order valence-corrected chi connectivity index (χ3v) is 7.22. The van der Waals surface area contributed by atoms with Gasteiger partial charge in [-0.2, -0.15) is 4.31 Å². The fourth-order valence-electron chi connectivity index (χ4n) is 4.24. The molecule has 1 aliphatic heterocycles. The van der Waals surface area contributed by atoms with Crippen LogP contribution in [0.3, 0.4) is 0 Å². The normalized spacial score (nSPS) is 20.9. The fraction of sp³-hybridized carbons (Fsp3) is 0.471. The summed E-state index contributed by atoms with van der Waals surface area (Å²) in [6.07, 6.45) is 3.75. The second-order valence-corrected chi connectivity index (χ2v) is 9.23. The first kappa shape index (κ1) is 15.7. The molecule has 0 amide bonds. The summed E-state index contributed by atoms with van der Waals surface area (Å²) in [5.41, 5.74) is 0.916. The third kappa shape index (κ3) is 2.34. The van der Waals surface area contributed by atoms with Crippen LogP contribution < -0.4 is 0 Å². The van der Waals surface area contributed by atoms with Crippen molar-refractivity contribution >= 4 is 26.9 Å². The van der Waals surface area contributed by atoms with Gasteiger partial charge in [0.25, 0.3) is 0 Å². The van der Waals surface area contributed by atoms with Crippen molar-refractivity contribution in [3.8, 4) is 0 Å². The average molecular weight is 348 g/mol. The molecular weight excluding hydrogens is 328 g/mol. The zero-order chi connectivity index (χ0) is 17.1. The van der Waals surface area contributed by atoms with E-state index in [0.717, 1.165) is 23.7 Å². The topological polar surface area (TPSA) is 79.6 Å². The van der Waals surface area contributed by atoms with Gasteiger partial charge in [0.15, 0.2) is 0 Å². The SMILES string of the molecule is Cn1ccc2ccc(S(=O)(=O)N3CC4(CC(CC(=O)O)C4)C3)cc21. The van der Waals surface area contributed by atoms with E-state index in [9.17, 15) is 13.2 Å². The Bertz CT molecular complexity index is 917. The lowest BCUT2D eigenvalue weighted by atomic mass is 9.58. The number of aromatic nitrogens is 1. The average Bonchev–Trinajstić information content (AvgIpc) is 2.80. The number of carbonyl (C=O) groups is 1. The molecule has 4 rings (SSSR count). The predicted molar refractivity (Wildman–Crippen MR) is 89.1 cm³/mol. The first-order chi connectivity index (χ1) is 11.3. The Morgan fingerprint density at radius 1 is 1.29 bits per heavy atom. The van der Waals surface area contributed by atoms with Crippen molar-refractivity contribution < 1.29 is 18.3 Å². The highest BCUT2D eigenvalue weighted by Gasteiger charge is 2.55. The molecule has 2 heterocycles. The van der Waals surface area contributed by atoms with Crippen LogP contribution in [0.1, 0.15) is 19.3 Å². The Labute approximate surface area is 140 Å². The van der Waals surface area contributed by atoms with Gasteiger partial charge in [-0.15, -0.1) is 0 Å². The zero-order valence-corrected chi connectivity index (χ0v) is 14.3. The highest BCUT2D eigenvalue weighted by molar-refractivity contribution is 7.89. The number of aryl methyl sites for hydroxylation is 1. The number of benzene rings is 1. The van der Waals surface area contributed by atoms with Crippen LogP contribution in [0, 0.1) is 11.3 Å². The molecule has 1 spiro atoms. The molecular formula is C17H20N2O4S. The Morgan fingerprint density at radius 3 is 2.67 bits per heavy atom. The van der Waals surface area contributed by atoms with Crippen molar-refractivity contribution in [2.75, 3.05) is 13.1 Å². The lowest BCUT2D eigenvalue weighted by Crippen LogP contribution is -2.63. The standard InChI is InChI=1S/C17H20N2O4S/c1-18-5-4-13-2-3-14(7-15(13)18)24(22,23)19-10-17(11-19)8-12(9-17)6-16(20)21/h2-5,7,12H,6,8-11H2,1H3,(H,20,21). The van der Waals surface area contributed by atoms with Crippen LogP contribution in [0.5, 0.6) is 0 Å². The van der Waals surface area contributed by atoms with Gasteiger partial charge in [0, 0.05) is 38.3 Å². The number of carboxylic acids is 1. The molecule has 1 saturated carbocycles. The van der Waals surface area contributed by atoms with E-state index in [1.165, 1.54) is 4.31 Å². The number of rotatable bonds is 4. The maximum Gasteiger partial charge on any atom is 0.303 e. The van der Waals surface area contributed by atoms with Crippen LogP contribution in [0.15, 0.2) is 35.4 Å². The van der Waals surface area contributed by atoms with Crippen molar-refractivity contribution in [1.82, 2.24) is 8.87 Å². The minimum Gasteiger partial charge on any atom is -0.481 e. The van der Waals surface area contributed by atoms with Crippen LogP contribution in [0.4, 0.5) is 0 Å². The van der Waals surface area contributed by atoms with Crippen molar-refractivity contribution in [2.24, 2.45) is 18.4 Å². The molecule has 1 aromatic carbocycles. The van der Waals surface area contributed by atoms with Gasteiger partial charge in [-0.1, -0.05) is 6.07 Å². The van der Waals surface area contributed by atoms with Crippen LogP contribution in [-0.4, -0.2) is 41.5 Å². The van der Waals surface area contributed by atoms with E-state index in [1.54, 1.807) is 12.1 Å². The number of aliphatic carboxylic acids is 1. The Morgan fingerprint density at radius 2 is 2.00 bits per heavy atom. The minimum atomic E-state index is -3.47. The summed E-state index contributed by atoms with van der Waals surface area (Å²) < 4.78 is 29.0. The van der Waals surface area contributed by atoms with Gasteiger partial charge < -0.3 is 9.67 Å². The molecule has 6 nitrogen and oxygen atoms in total. The van der Waals surface area contributed by atoms with Crippen LogP contribution in [-0.2, 0) is 21.9 Å². The summed E-state index contributed by atoms with van der Waals surface area (Å²) in [6.45, 7) is 1.02. The summed E-state index contributed by atoms with van der Waals surface area (Å²) in [4.78, 5) is 11.1. The lowest BCUT2D eigenvalue weighted by Gasteiger charge is -2.58. The molecule has 1 aliphatic carbocycles. The highest BCUT2D eigenvalue weighted by Crippen LogP contribution is 2.54. The zero-order valence-electron chi connectivity index (χ0n) is 13.5. The molecule has 1 aromatic heterocycles. The van der Waals surface area contributed by atoms with E-state index in [-0.39, 0.29) is 17.8 Å². The first-order valence-corrected chi connectivity index (χ1v) is 9.50. The summed E-state index contributed by atoms with van der Waals surface area (Å²) in [7, 11) is -1.58. The maximum atomic E-state index is 12.8. The van der Waals surface area contributed by atoms with E-state index in [1.807, 2.05) is 29.9 Å². The molecule has 1 saturated heterocycles. The Hall–Kier alpha value is -1.86. The predicted octanol–water partition coefficient (Wildman–Crippen LogP) is 2.05. The van der Waals surface area contributed by atoms with Crippen LogP contribution in [0.2, 0.25) is 0 Å². The number of sulfonamides is 1. The molecule has 0 bridgehead atoms. The molecule has 0 unspecified atom stereocenters. The summed E-state index contributed by atoms with van der Waals surface area (Å²) in [6, 6.07) is 7.19. The largest absolute Gasteiger partial charge is 0.481 e. The molecule has 1 N–H and O–H groups in total. The lowest BCUT2D eigenvalue weighted by molar-refractivity contribution is -0.142. The monoisotopic (exact) mass is 348 g/mol. The summed E-state index contributed by atoms with van der Waals surface area (Å²) >= 11 is 0. The van der Waals surface area contributed by atoms with Gasteiger partial charge in [-0.25, -0.2) is 8.42 Å². The number of nitrogens with zero attached hydrogens (tertiary/aromatic N) is 2. The van der Waals surface area contributed by atoms with E-state index in [0.29, 0.717) is 18.0 Å². The summed E-state index contributed by atoms with van der Waals surface area (Å²) in [5.74, 6) is -0.568. The van der Waals surface area contributed by atoms with Gasteiger partial charge in [-0.05, 0) is 47.8 Å². The highest BCUT2D eigenvalue weighted by atomic mass is 32.2. The second kappa shape index (κ2) is 5.07. The van der Waals surface area contributed by atoms with Crippen LogP contribution in [0.25, 0.3) is 10.9 Å². The molecule has 0 radical (unpaired) electrons. The Kier molecular flexibility index (Phi) is 3.30. The van der Waals surface area contributed by atoms with Crippen molar-refractivity contribution in [1.29, 1.82) is 0 Å². The van der Waals surface area contributed by atoms with Crippen molar-refractivity contribution in [3.05, 3.63) is 30.5 Å². The third-order valence-electron chi connectivity index (χ3n) is 5.43. The van der Waals surface area contributed by atoms with Crippen LogP contribution >= 0.6 is 0 Å². The fourth-order valence-corrected chi connectivity index (χ4v) is 5.92.